The molecule has 1 fully saturated rings. The summed E-state index contributed by atoms with van der Waals surface area (Å²) in [5.41, 5.74) is 0. The Hall–Kier alpha value is -1.74. The highest BCUT2D eigenvalue weighted by Crippen LogP contribution is 2.47. The zero-order valence-corrected chi connectivity index (χ0v) is 39.2. The standard InChI is InChI=1S/C48H88NO12P/c1-3-5-7-9-11-13-15-17-19-20-22-23-25-27-29-31-33-35-39(50)37-42(52)49-40(38-60-62(58,59)61-48-46(56)44(54)43(53)45(55)47(48)57)41(51)36-34-32-30-28-26-24-21-18-16-14-12-10-8-6-4-2/h11,13,15,17,26,28,34,36,39-41,43-48,50-51,53-57H,3-10,12,14,16,18-25,27,29-33,35,37-38H2,1-2H3,(H,49,52)(H,58,59)/b13-11-,17-15-,28-26+,36-34+. The van der Waals surface area contributed by atoms with E-state index in [1.54, 1.807) is 6.08 Å². The summed E-state index contributed by atoms with van der Waals surface area (Å²) < 4.78 is 22.9. The van der Waals surface area contributed by atoms with Gasteiger partial charge in [-0.2, -0.15) is 0 Å². The Bertz CT molecular complexity index is 1250. The van der Waals surface area contributed by atoms with Crippen LogP contribution in [0.5, 0.6) is 0 Å². The number of carbonyl (C=O) groups is 1. The van der Waals surface area contributed by atoms with Crippen molar-refractivity contribution in [2.75, 3.05) is 6.61 Å². The quantitative estimate of drug-likeness (QED) is 0.0123. The van der Waals surface area contributed by atoms with Gasteiger partial charge < -0.3 is 46.0 Å². The van der Waals surface area contributed by atoms with Crippen LogP contribution >= 0.6 is 7.82 Å². The maximum Gasteiger partial charge on any atom is 0.472 e. The average Bonchev–Trinajstić information content (AvgIpc) is 3.24. The average molecular weight is 902 g/mol. The van der Waals surface area contributed by atoms with Crippen molar-refractivity contribution < 1.29 is 59.0 Å². The molecule has 1 aliphatic carbocycles. The second-order valence-electron chi connectivity index (χ2n) is 17.2. The Labute approximate surface area is 374 Å². The summed E-state index contributed by atoms with van der Waals surface area (Å²) >= 11 is 0. The molecule has 1 rings (SSSR count). The molecule has 362 valence electrons. The molecule has 62 heavy (non-hydrogen) atoms. The van der Waals surface area contributed by atoms with Gasteiger partial charge in [0.15, 0.2) is 0 Å². The van der Waals surface area contributed by atoms with Crippen molar-refractivity contribution in [2.24, 2.45) is 0 Å². The molecule has 0 bridgehead atoms. The fourth-order valence-electron chi connectivity index (χ4n) is 7.42. The number of nitrogens with one attached hydrogen (secondary N) is 1. The van der Waals surface area contributed by atoms with Gasteiger partial charge in [-0.3, -0.25) is 13.8 Å². The van der Waals surface area contributed by atoms with E-state index < -0.39 is 75.2 Å². The zero-order chi connectivity index (χ0) is 45.9. The number of amides is 1. The molecule has 8 atom stereocenters. The molecular weight excluding hydrogens is 813 g/mol. The van der Waals surface area contributed by atoms with Gasteiger partial charge in [0.1, 0.15) is 36.6 Å². The number of phosphoric acid groups is 1. The minimum atomic E-state index is -5.15. The highest BCUT2D eigenvalue weighted by molar-refractivity contribution is 7.47. The summed E-state index contributed by atoms with van der Waals surface area (Å²) in [6.07, 6.45) is 30.5. The van der Waals surface area contributed by atoms with Gasteiger partial charge in [0, 0.05) is 0 Å². The first-order chi connectivity index (χ1) is 29.8. The third-order valence-electron chi connectivity index (χ3n) is 11.4. The van der Waals surface area contributed by atoms with Gasteiger partial charge in [-0.05, 0) is 57.8 Å². The Morgan fingerprint density at radius 1 is 0.581 bits per heavy atom. The molecule has 8 unspecified atom stereocenters. The Morgan fingerprint density at radius 2 is 1.00 bits per heavy atom. The van der Waals surface area contributed by atoms with E-state index in [1.807, 2.05) is 0 Å². The van der Waals surface area contributed by atoms with Gasteiger partial charge >= 0.3 is 7.82 Å². The lowest BCUT2D eigenvalue weighted by molar-refractivity contribution is -0.220. The molecule has 14 heteroatoms. The Kier molecular flexibility index (Phi) is 35.2. The van der Waals surface area contributed by atoms with Crippen LogP contribution in [0, 0.1) is 0 Å². The lowest BCUT2D eigenvalue weighted by atomic mass is 9.85. The van der Waals surface area contributed by atoms with E-state index in [-0.39, 0.29) is 6.42 Å². The molecule has 1 amide bonds. The summed E-state index contributed by atoms with van der Waals surface area (Å²) in [7, 11) is -5.15. The molecule has 0 aromatic heterocycles. The van der Waals surface area contributed by atoms with Gasteiger partial charge in [0.05, 0.1) is 31.3 Å². The lowest BCUT2D eigenvalue weighted by Gasteiger charge is -2.41. The molecule has 0 aromatic rings. The predicted octanol–water partition coefficient (Wildman–Crippen LogP) is 8.31. The van der Waals surface area contributed by atoms with Crippen LogP contribution in [0.2, 0.25) is 0 Å². The molecule has 0 aliphatic heterocycles. The Balaban J connectivity index is 2.55. The number of hydrogen-bond donors (Lipinski definition) is 9. The van der Waals surface area contributed by atoms with E-state index >= 15 is 0 Å². The molecule has 0 heterocycles. The fraction of sp³-hybridized carbons (Fsp3) is 0.812. The van der Waals surface area contributed by atoms with Crippen LogP contribution in [0.1, 0.15) is 187 Å². The molecular formula is C48H88NO12P. The van der Waals surface area contributed by atoms with Gasteiger partial charge in [0.25, 0.3) is 0 Å². The first-order valence-electron chi connectivity index (χ1n) is 24.2. The number of carbonyl (C=O) groups excluding carboxylic acids is 1. The highest BCUT2D eigenvalue weighted by atomic mass is 31.2. The number of allylic oxidation sites excluding steroid dienone is 7. The molecule has 0 spiro atoms. The van der Waals surface area contributed by atoms with Crippen molar-refractivity contribution in [2.45, 2.75) is 242 Å². The lowest BCUT2D eigenvalue weighted by Crippen LogP contribution is -2.64. The monoisotopic (exact) mass is 902 g/mol. The molecule has 0 aromatic carbocycles. The van der Waals surface area contributed by atoms with Crippen LogP contribution in [-0.4, -0.2) is 108 Å². The van der Waals surface area contributed by atoms with E-state index in [0.717, 1.165) is 57.8 Å². The van der Waals surface area contributed by atoms with Crippen LogP contribution in [0.4, 0.5) is 0 Å². The minimum absolute atomic E-state index is 0.258. The van der Waals surface area contributed by atoms with Gasteiger partial charge in [0.2, 0.25) is 5.91 Å². The third-order valence-corrected chi connectivity index (χ3v) is 12.4. The predicted molar refractivity (Wildman–Crippen MR) is 247 cm³/mol. The number of aliphatic hydroxyl groups excluding tert-OH is 7. The molecule has 1 aliphatic rings. The summed E-state index contributed by atoms with van der Waals surface area (Å²) in [5.74, 6) is -0.608. The normalized spacial score (nSPS) is 23.5. The summed E-state index contributed by atoms with van der Waals surface area (Å²) in [6, 6.07) is -1.26. The van der Waals surface area contributed by atoms with E-state index in [2.05, 4.69) is 55.6 Å². The SMILES string of the molecule is CCCCC/C=C\C=C/CCCCCCCCCCC(O)CC(=O)NC(COP(=O)(O)OC1C(O)C(O)C(O)C(O)C1O)C(O)/C=C/CC/C=C/CCCCCCCCCCC. The van der Waals surface area contributed by atoms with Crippen LogP contribution in [0.25, 0.3) is 0 Å². The summed E-state index contributed by atoms with van der Waals surface area (Å²) in [5, 5.41) is 74.5. The minimum Gasteiger partial charge on any atom is -0.393 e. The second kappa shape index (κ2) is 37.5. The van der Waals surface area contributed by atoms with Crippen molar-refractivity contribution in [3.8, 4) is 0 Å². The topological polar surface area (TPSA) is 226 Å². The van der Waals surface area contributed by atoms with Gasteiger partial charge in [-0.25, -0.2) is 4.57 Å². The number of phosphoric ester groups is 1. The first-order valence-corrected chi connectivity index (χ1v) is 25.7. The van der Waals surface area contributed by atoms with Crippen molar-refractivity contribution in [3.63, 3.8) is 0 Å². The summed E-state index contributed by atoms with van der Waals surface area (Å²) in [6.45, 7) is 3.69. The molecule has 1 saturated carbocycles. The number of hydrogen-bond acceptors (Lipinski definition) is 11. The fourth-order valence-corrected chi connectivity index (χ4v) is 8.39. The van der Waals surface area contributed by atoms with Gasteiger partial charge in [-0.15, -0.1) is 0 Å². The smallest absolute Gasteiger partial charge is 0.393 e. The largest absolute Gasteiger partial charge is 0.472 e. The van der Waals surface area contributed by atoms with E-state index in [1.165, 1.54) is 102 Å². The maximum atomic E-state index is 13.0. The highest BCUT2D eigenvalue weighted by Gasteiger charge is 2.51. The van der Waals surface area contributed by atoms with E-state index in [0.29, 0.717) is 12.8 Å². The van der Waals surface area contributed by atoms with E-state index in [9.17, 15) is 50.0 Å². The molecule has 0 saturated heterocycles. The first kappa shape index (κ1) is 58.3. The van der Waals surface area contributed by atoms with Crippen LogP contribution < -0.4 is 5.32 Å². The maximum absolute atomic E-state index is 13.0. The number of aliphatic hydroxyl groups is 7. The molecule has 9 N–H and O–H groups in total. The van der Waals surface area contributed by atoms with Crippen molar-refractivity contribution in [1.82, 2.24) is 5.32 Å². The van der Waals surface area contributed by atoms with Crippen molar-refractivity contribution in [1.29, 1.82) is 0 Å². The van der Waals surface area contributed by atoms with Crippen LogP contribution in [0.3, 0.4) is 0 Å². The van der Waals surface area contributed by atoms with Crippen molar-refractivity contribution in [3.05, 3.63) is 48.6 Å². The van der Waals surface area contributed by atoms with E-state index in [4.69, 9.17) is 9.05 Å². The molecule has 0 radical (unpaired) electrons. The number of rotatable bonds is 39. The third kappa shape index (κ3) is 28.9. The van der Waals surface area contributed by atoms with Gasteiger partial charge in [-0.1, -0.05) is 172 Å². The Morgan fingerprint density at radius 3 is 1.55 bits per heavy atom. The second-order valence-corrected chi connectivity index (χ2v) is 18.6. The zero-order valence-electron chi connectivity index (χ0n) is 38.3. The van der Waals surface area contributed by atoms with Crippen molar-refractivity contribution >= 4 is 13.7 Å². The van der Waals surface area contributed by atoms with Crippen LogP contribution in [0.15, 0.2) is 48.6 Å². The molecule has 13 nitrogen and oxygen atoms in total. The number of unbranched alkanes of at least 4 members (excludes halogenated alkanes) is 21. The van der Waals surface area contributed by atoms with Crippen LogP contribution in [-0.2, 0) is 18.4 Å². The summed E-state index contributed by atoms with van der Waals surface area (Å²) in [4.78, 5) is 23.4.